The summed E-state index contributed by atoms with van der Waals surface area (Å²) in [6, 6.07) is 11.6. The van der Waals surface area contributed by atoms with E-state index in [0.29, 0.717) is 0 Å². The molecule has 6 atom stereocenters. The minimum atomic E-state index is -5.68. The number of hydrogen-bond acceptors (Lipinski definition) is 22. The molecule has 2 aromatic heterocycles. The van der Waals surface area contributed by atoms with E-state index in [9.17, 15) is 68.9 Å². The summed E-state index contributed by atoms with van der Waals surface area (Å²) in [7, 11) is -25.6. The number of aliphatic hydroxyl groups is 1. The normalized spacial score (nSPS) is 18.7. The van der Waals surface area contributed by atoms with Crippen LogP contribution < -0.4 is 31.9 Å². The number of aliphatic hydroxyl groups excluding tert-OH is 1. The standard InChI is InChI=1S/C42H52N11O22P3S2/c1-4-44-26-14-12-24-30(25-13-15-27(45-5-2)37(80(68,69)70)34(25)73-33(24)36(26)79(65,66)67)22-9-6-7-10-23(22)40(56)52(3)18-8-11-29(54)46-16-17-47-42(57)74-35-28(19-71-78(63,64)75-77(61,62)51-76(58,59)60)72-41(32(35)55)53-21-50-31-38(43)48-20-49-39(31)53/h6-7,9-10,12-15,20-21,28,32,35,41,44,55H,4-5,8,11,16-19H2,1-3H3,(H,46,54)(H,47,57)(H,63,64)(H2,43,48,49)(H,65,66,67)(H,68,69,70)(H4,51,58,59,60,61,62)/t28-,32-,35-,41-/m1/s1. The van der Waals surface area contributed by atoms with Crippen LogP contribution in [0.15, 0.2) is 80.4 Å². The van der Waals surface area contributed by atoms with Crippen LogP contribution in [0.2, 0.25) is 0 Å². The molecule has 7 rings (SSSR count). The second-order valence-corrected chi connectivity index (χ2v) is 24.7. The SMILES string of the molecule is CCN=c1ccc2c(-c3ccccc3C(=O)N(C)CCCC(=O)NCCNC(=O)O[C@H]3[C@@H](O)[C@H](n4cnc5c(N)ncnc54)O[C@@H]3COP(=O)(O)OP(=O)(O)NP(=O)(O)O)c3ccc(NCC)c(S(=O)(=O)O)c3oc-2c1S(=O)(=O)O. The lowest BCUT2D eigenvalue weighted by atomic mass is 9.90. The summed E-state index contributed by atoms with van der Waals surface area (Å²) in [6.07, 6.45) is -5.90. The molecule has 33 nitrogen and oxygen atoms in total. The molecule has 4 heterocycles. The number of phosphoric acid groups is 1. The smallest absolute Gasteiger partial charge is 0.453 e. The first-order valence-electron chi connectivity index (χ1n) is 23.4. The highest BCUT2D eigenvalue weighted by molar-refractivity contribution is 7.86. The number of nitrogen functional groups attached to an aromatic ring is 1. The van der Waals surface area contributed by atoms with Gasteiger partial charge in [-0.25, -0.2) is 33.4 Å². The van der Waals surface area contributed by atoms with Gasteiger partial charge in [0.25, 0.3) is 26.1 Å². The molecule has 4 aromatic rings. The van der Waals surface area contributed by atoms with E-state index in [1.54, 1.807) is 26.0 Å². The molecule has 3 amide bonds. The first-order valence-corrected chi connectivity index (χ1v) is 31.0. The van der Waals surface area contributed by atoms with Crippen molar-refractivity contribution in [2.45, 2.75) is 61.0 Å². The molecule has 1 aliphatic carbocycles. The third kappa shape index (κ3) is 14.2. The van der Waals surface area contributed by atoms with E-state index < -0.39 is 114 Å². The van der Waals surface area contributed by atoms with Crippen molar-refractivity contribution in [1.29, 1.82) is 0 Å². The van der Waals surface area contributed by atoms with Crippen molar-refractivity contribution in [1.82, 2.24) is 39.9 Å². The molecule has 2 aromatic carbocycles. The molecule has 2 aliphatic heterocycles. The number of rotatable bonds is 23. The van der Waals surface area contributed by atoms with Gasteiger partial charge < -0.3 is 65.2 Å². The van der Waals surface area contributed by atoms with Crippen LogP contribution in [0, 0.1) is 0 Å². The number of carbonyl (C=O) groups is 3. The van der Waals surface area contributed by atoms with Gasteiger partial charge in [0.1, 0.15) is 24.1 Å². The topological polar surface area (TPSA) is 496 Å². The molecule has 3 aliphatic rings. The number of benzene rings is 3. The van der Waals surface area contributed by atoms with Gasteiger partial charge in [0.15, 0.2) is 44.9 Å². The molecule has 2 unspecified atom stereocenters. The lowest BCUT2D eigenvalue weighted by Crippen LogP contribution is -2.42. The van der Waals surface area contributed by atoms with Crippen molar-refractivity contribution in [3.05, 3.63) is 72.1 Å². The Labute approximate surface area is 452 Å². The Morgan fingerprint density at radius 2 is 1.61 bits per heavy atom. The molecule has 80 heavy (non-hydrogen) atoms. The van der Waals surface area contributed by atoms with Gasteiger partial charge in [0.2, 0.25) is 5.91 Å². The Morgan fingerprint density at radius 1 is 0.912 bits per heavy atom. The molecule has 1 fully saturated rings. The average molecular weight is 1220 g/mol. The molecular weight excluding hydrogens is 1170 g/mol. The maximum atomic E-state index is 14.3. The molecule has 0 spiro atoms. The fourth-order valence-corrected chi connectivity index (χ4v) is 13.5. The Hall–Kier alpha value is -6.36. The largest absolute Gasteiger partial charge is 0.480 e. The van der Waals surface area contributed by atoms with Crippen molar-refractivity contribution in [2.24, 2.45) is 4.99 Å². The number of nitrogens with two attached hydrogens (primary N) is 1. The summed E-state index contributed by atoms with van der Waals surface area (Å²) in [6.45, 7) is 1.89. The summed E-state index contributed by atoms with van der Waals surface area (Å²) < 4.78 is 136. The summed E-state index contributed by atoms with van der Waals surface area (Å²) in [5, 5.41) is 18.9. The minimum Gasteiger partial charge on any atom is -0.453 e. The number of hydrogen-bond donors (Lipinski definition) is 12. The van der Waals surface area contributed by atoms with Crippen LogP contribution in [-0.2, 0) is 57.0 Å². The Bertz CT molecular complexity index is 3790. The van der Waals surface area contributed by atoms with Crippen LogP contribution in [0.4, 0.5) is 16.3 Å². The monoisotopic (exact) mass is 1220 g/mol. The zero-order valence-corrected chi connectivity index (χ0v) is 46.2. The van der Waals surface area contributed by atoms with E-state index in [2.05, 4.69) is 40.2 Å². The second kappa shape index (κ2) is 24.4. The summed E-state index contributed by atoms with van der Waals surface area (Å²) >= 11 is 0. The van der Waals surface area contributed by atoms with Gasteiger partial charge >= 0.3 is 29.4 Å². The highest BCUT2D eigenvalue weighted by Crippen LogP contribution is 2.61. The summed E-state index contributed by atoms with van der Waals surface area (Å²) in [4.78, 5) is 94.6. The molecule has 1 saturated heterocycles. The number of aromatic nitrogens is 4. The van der Waals surface area contributed by atoms with Gasteiger partial charge in [-0.1, -0.05) is 18.2 Å². The maximum absolute atomic E-state index is 14.3. The lowest BCUT2D eigenvalue weighted by Gasteiger charge is -2.23. The zero-order chi connectivity index (χ0) is 58.7. The molecule has 38 heteroatoms. The fourth-order valence-electron chi connectivity index (χ4n) is 8.47. The number of phosphoric ester groups is 1. The Kier molecular flexibility index (Phi) is 18.7. The first-order chi connectivity index (χ1) is 37.4. The third-order valence-electron chi connectivity index (χ3n) is 11.6. The molecule has 0 bridgehead atoms. The van der Waals surface area contributed by atoms with Crippen molar-refractivity contribution >= 4 is 95.1 Å². The van der Waals surface area contributed by atoms with Gasteiger partial charge in [-0.15, -0.1) is 4.86 Å². The predicted molar refractivity (Wildman–Crippen MR) is 277 cm³/mol. The van der Waals surface area contributed by atoms with Crippen LogP contribution in [0.5, 0.6) is 0 Å². The van der Waals surface area contributed by atoms with Crippen LogP contribution in [-0.4, -0.2) is 158 Å². The number of nitrogens with one attached hydrogen (secondary N) is 4. The number of imidazole rings is 1. The van der Waals surface area contributed by atoms with E-state index >= 15 is 0 Å². The first kappa shape index (κ1) is 61.3. The zero-order valence-electron chi connectivity index (χ0n) is 41.9. The lowest BCUT2D eigenvalue weighted by molar-refractivity contribution is -0.121. The third-order valence-corrected chi connectivity index (χ3v) is 17.7. The van der Waals surface area contributed by atoms with Crippen LogP contribution in [0.25, 0.3) is 44.6 Å². The van der Waals surface area contributed by atoms with Gasteiger partial charge in [0.05, 0.1) is 24.0 Å². The molecular formula is C42H52N11O22P3S2. The van der Waals surface area contributed by atoms with E-state index in [0.717, 1.165) is 22.1 Å². The second-order valence-electron chi connectivity index (χ2n) is 17.2. The minimum absolute atomic E-state index is 0.0131. The van der Waals surface area contributed by atoms with Crippen molar-refractivity contribution < 1.29 is 101 Å². The number of ether oxygens (including phenoxy) is 2. The summed E-state index contributed by atoms with van der Waals surface area (Å²) in [5.41, 5.74) is 5.63. The Morgan fingerprint density at radius 3 is 2.29 bits per heavy atom. The van der Waals surface area contributed by atoms with Gasteiger partial charge in [-0.05, 0) is 56.2 Å². The number of amides is 3. The highest BCUT2D eigenvalue weighted by Gasteiger charge is 2.49. The average Bonchev–Trinajstić information content (AvgIpc) is 3.88. The fraction of sp³-hybridized carbons (Fsp3) is 0.357. The maximum Gasteiger partial charge on any atom is 0.480 e. The number of alkyl carbamates (subject to hydrolysis) is 1. The van der Waals surface area contributed by atoms with E-state index in [1.165, 1.54) is 48.3 Å². The van der Waals surface area contributed by atoms with Gasteiger partial charge in [0, 0.05) is 68.3 Å². The van der Waals surface area contributed by atoms with Crippen LogP contribution in [0.3, 0.4) is 0 Å². The molecule has 13 N–H and O–H groups in total. The summed E-state index contributed by atoms with van der Waals surface area (Å²) in [5.74, 6) is -1.72. The van der Waals surface area contributed by atoms with Crippen LogP contribution in [0.1, 0.15) is 43.3 Å². The molecule has 0 saturated carbocycles. The number of carbonyl (C=O) groups excluding carboxylic acids is 3. The number of nitrogens with zero attached hydrogens (tertiary/aromatic N) is 6. The highest BCUT2D eigenvalue weighted by atomic mass is 32.2. The van der Waals surface area contributed by atoms with Crippen molar-refractivity contribution in [3.8, 4) is 22.5 Å². The quantitative estimate of drug-likeness (QED) is 0.0188. The van der Waals surface area contributed by atoms with Gasteiger partial charge in [-0.3, -0.25) is 32.8 Å². The number of fused-ring (bicyclic) bond motifs is 3. The predicted octanol–water partition coefficient (Wildman–Crippen LogP) is 1.71. The molecule has 434 valence electrons. The van der Waals surface area contributed by atoms with E-state index in [4.69, 9.17) is 33.9 Å². The van der Waals surface area contributed by atoms with E-state index in [-0.39, 0.29) is 101 Å². The molecule has 0 radical (unpaired) electrons. The van der Waals surface area contributed by atoms with Crippen molar-refractivity contribution in [2.75, 3.05) is 57.4 Å². The van der Waals surface area contributed by atoms with Crippen molar-refractivity contribution in [3.63, 3.8) is 0 Å². The van der Waals surface area contributed by atoms with Gasteiger partial charge in [-0.2, -0.15) is 21.1 Å². The van der Waals surface area contributed by atoms with Crippen LogP contribution >= 0.6 is 23.3 Å². The van der Waals surface area contributed by atoms with E-state index in [1.807, 2.05) is 0 Å². The number of anilines is 2. The Balaban J connectivity index is 1.01.